The minimum absolute atomic E-state index is 0.134. The topological polar surface area (TPSA) is 20.1 Å². The Hall–Kier alpha value is -2.19. The third kappa shape index (κ3) is 4.09. The fraction of sp³-hybridized carbons (Fsp3) is 0.200. The van der Waals surface area contributed by atoms with Crippen molar-refractivity contribution < 1.29 is 4.57 Å². The van der Waals surface area contributed by atoms with Crippen molar-refractivity contribution in [1.29, 1.82) is 0 Å². The first-order valence-corrected chi connectivity index (χ1v) is 15.4. The highest BCUT2D eigenvalue weighted by molar-refractivity contribution is 7.76. The van der Waals surface area contributed by atoms with Gasteiger partial charge in [0.25, 0.3) is 0 Å². The number of rotatable bonds is 6. The predicted molar refractivity (Wildman–Crippen MR) is 127 cm³/mol. The Labute approximate surface area is 175 Å². The SMILES string of the molecule is C[Si](C)(C)/C=C/[C@@H]1[C@H](c2ccccc2)N1P(=O)(c1ccccc1)c1ccccc1. The number of hydrogen-bond donors (Lipinski definition) is 0. The van der Waals surface area contributed by atoms with Gasteiger partial charge < -0.3 is 0 Å². The molecule has 4 heteroatoms. The van der Waals surface area contributed by atoms with Crippen LogP contribution in [-0.2, 0) is 4.57 Å². The van der Waals surface area contributed by atoms with E-state index in [0.29, 0.717) is 0 Å². The molecule has 1 aliphatic heterocycles. The third-order valence-electron chi connectivity index (χ3n) is 5.30. The summed E-state index contributed by atoms with van der Waals surface area (Å²) in [6, 6.07) is 30.7. The number of nitrogens with zero attached hydrogens (tertiary/aromatic N) is 1. The van der Waals surface area contributed by atoms with E-state index in [0.717, 1.165) is 10.6 Å². The van der Waals surface area contributed by atoms with Gasteiger partial charge in [-0.15, -0.1) is 0 Å². The molecule has 1 aliphatic rings. The molecule has 4 rings (SSSR count). The van der Waals surface area contributed by atoms with Gasteiger partial charge in [-0.1, -0.05) is 98.1 Å². The van der Waals surface area contributed by atoms with E-state index in [4.69, 9.17) is 0 Å². The third-order valence-corrected chi connectivity index (χ3v) is 9.65. The molecule has 0 saturated carbocycles. The van der Waals surface area contributed by atoms with Gasteiger partial charge in [0.2, 0.25) is 7.29 Å². The van der Waals surface area contributed by atoms with Gasteiger partial charge in [0.15, 0.2) is 0 Å². The molecule has 1 heterocycles. The van der Waals surface area contributed by atoms with Crippen molar-refractivity contribution >= 4 is 26.0 Å². The lowest BCUT2D eigenvalue weighted by Gasteiger charge is -2.22. The molecule has 29 heavy (non-hydrogen) atoms. The van der Waals surface area contributed by atoms with E-state index in [1.807, 2.05) is 66.7 Å². The van der Waals surface area contributed by atoms with Gasteiger partial charge in [-0.2, -0.15) is 0 Å². The molecule has 0 spiro atoms. The molecule has 0 radical (unpaired) electrons. The highest BCUT2D eigenvalue weighted by Crippen LogP contribution is 2.64. The quantitative estimate of drug-likeness (QED) is 0.288. The van der Waals surface area contributed by atoms with Crippen LogP contribution in [0.2, 0.25) is 19.6 Å². The Kier molecular flexibility index (Phi) is 5.48. The Morgan fingerprint density at radius 2 is 1.21 bits per heavy atom. The van der Waals surface area contributed by atoms with E-state index in [1.54, 1.807) is 0 Å². The Morgan fingerprint density at radius 1 is 0.759 bits per heavy atom. The van der Waals surface area contributed by atoms with Gasteiger partial charge in [-0.05, 0) is 29.8 Å². The fourth-order valence-corrected chi connectivity index (χ4v) is 7.76. The van der Waals surface area contributed by atoms with Crippen molar-refractivity contribution in [3.8, 4) is 0 Å². The van der Waals surface area contributed by atoms with Crippen molar-refractivity contribution in [2.75, 3.05) is 0 Å². The van der Waals surface area contributed by atoms with E-state index in [1.165, 1.54) is 5.56 Å². The van der Waals surface area contributed by atoms with Crippen molar-refractivity contribution in [3.05, 3.63) is 108 Å². The molecule has 0 aliphatic carbocycles. The Bertz CT molecular complexity index is 985. The van der Waals surface area contributed by atoms with Crippen molar-refractivity contribution in [2.24, 2.45) is 0 Å². The molecule has 1 fully saturated rings. The monoisotopic (exact) mass is 417 g/mol. The lowest BCUT2D eigenvalue weighted by atomic mass is 10.1. The fourth-order valence-electron chi connectivity index (χ4n) is 3.86. The highest BCUT2D eigenvalue weighted by Gasteiger charge is 2.57. The zero-order valence-corrected chi connectivity index (χ0v) is 19.2. The Morgan fingerprint density at radius 3 is 1.66 bits per heavy atom. The molecule has 0 N–H and O–H groups in total. The summed E-state index contributed by atoms with van der Waals surface area (Å²) in [6.07, 6.45) is 2.31. The summed E-state index contributed by atoms with van der Waals surface area (Å²) in [6.45, 7) is 7.01. The maximum atomic E-state index is 14.8. The lowest BCUT2D eigenvalue weighted by molar-refractivity contribution is 0.557. The second-order valence-corrected chi connectivity index (χ2v) is 16.4. The van der Waals surface area contributed by atoms with Crippen LogP contribution in [0.25, 0.3) is 0 Å². The summed E-state index contributed by atoms with van der Waals surface area (Å²) in [5.41, 5.74) is 3.61. The largest absolute Gasteiger partial charge is 0.296 e. The van der Waals surface area contributed by atoms with E-state index < -0.39 is 15.4 Å². The van der Waals surface area contributed by atoms with E-state index in [-0.39, 0.29) is 12.1 Å². The summed E-state index contributed by atoms with van der Waals surface area (Å²) < 4.78 is 17.0. The second kappa shape index (κ2) is 7.91. The maximum Gasteiger partial charge on any atom is 0.208 e. The number of benzene rings is 3. The van der Waals surface area contributed by atoms with Gasteiger partial charge in [0.05, 0.1) is 20.2 Å². The molecule has 0 aromatic heterocycles. The van der Waals surface area contributed by atoms with Crippen LogP contribution < -0.4 is 10.6 Å². The van der Waals surface area contributed by atoms with Gasteiger partial charge >= 0.3 is 0 Å². The van der Waals surface area contributed by atoms with Crippen molar-refractivity contribution in [2.45, 2.75) is 31.7 Å². The molecule has 1 saturated heterocycles. The average Bonchev–Trinajstić information content (AvgIpc) is 3.48. The molecule has 2 nitrogen and oxygen atoms in total. The first-order valence-electron chi connectivity index (χ1n) is 10.2. The molecular weight excluding hydrogens is 389 g/mol. The molecule has 3 aromatic carbocycles. The molecular formula is C25H28NOPSi. The smallest absolute Gasteiger partial charge is 0.208 e. The van der Waals surface area contributed by atoms with E-state index in [9.17, 15) is 4.57 Å². The molecule has 148 valence electrons. The van der Waals surface area contributed by atoms with Crippen LogP contribution in [-0.4, -0.2) is 18.8 Å². The molecule has 3 aromatic rings. The first kappa shape index (κ1) is 20.1. The molecule has 0 bridgehead atoms. The summed E-state index contributed by atoms with van der Waals surface area (Å²) in [4.78, 5) is 0. The maximum absolute atomic E-state index is 14.8. The van der Waals surface area contributed by atoms with Gasteiger partial charge in [-0.25, -0.2) is 4.67 Å². The van der Waals surface area contributed by atoms with E-state index >= 15 is 0 Å². The number of hydrogen-bond acceptors (Lipinski definition) is 1. The van der Waals surface area contributed by atoms with Gasteiger partial charge in [0, 0.05) is 10.6 Å². The zero-order valence-electron chi connectivity index (χ0n) is 17.3. The van der Waals surface area contributed by atoms with Crippen molar-refractivity contribution in [1.82, 2.24) is 4.67 Å². The normalized spacial score (nSPS) is 22.0. The zero-order chi connectivity index (χ0) is 20.5. The van der Waals surface area contributed by atoms with Gasteiger partial charge in [0.1, 0.15) is 0 Å². The van der Waals surface area contributed by atoms with Crippen LogP contribution in [0.5, 0.6) is 0 Å². The predicted octanol–water partition coefficient (Wildman–Crippen LogP) is 5.77. The molecule has 0 amide bonds. The summed E-state index contributed by atoms with van der Waals surface area (Å²) in [5, 5.41) is 1.80. The highest BCUT2D eigenvalue weighted by atomic mass is 31.2. The van der Waals surface area contributed by atoms with Crippen LogP contribution in [0.3, 0.4) is 0 Å². The Balaban J connectivity index is 1.84. The summed E-state index contributed by atoms with van der Waals surface area (Å²) in [5.74, 6) is 0. The van der Waals surface area contributed by atoms with Crippen LogP contribution in [0.1, 0.15) is 11.6 Å². The standard InChI is InChI=1S/C25H28NOPSi/c1-29(2,3)20-19-24-25(21-13-7-4-8-14-21)26(24)28(27,22-15-9-5-10-16-22)23-17-11-6-12-18-23/h4-20,24-25H,1-3H3/b20-19+/t24-,25+,26?/m1/s1. The van der Waals surface area contributed by atoms with Crippen LogP contribution in [0.15, 0.2) is 103 Å². The average molecular weight is 418 g/mol. The van der Waals surface area contributed by atoms with Crippen LogP contribution >= 0.6 is 7.29 Å². The second-order valence-electron chi connectivity index (χ2n) is 8.70. The summed E-state index contributed by atoms with van der Waals surface area (Å²) >= 11 is 0. The lowest BCUT2D eigenvalue weighted by Crippen LogP contribution is -2.22. The van der Waals surface area contributed by atoms with Crippen LogP contribution in [0.4, 0.5) is 0 Å². The minimum atomic E-state index is -2.95. The van der Waals surface area contributed by atoms with Gasteiger partial charge in [-0.3, -0.25) is 4.57 Å². The van der Waals surface area contributed by atoms with Crippen molar-refractivity contribution in [3.63, 3.8) is 0 Å². The van der Waals surface area contributed by atoms with Crippen LogP contribution in [0, 0.1) is 0 Å². The molecule has 3 atom stereocenters. The summed E-state index contributed by atoms with van der Waals surface area (Å²) in [7, 11) is -4.30. The minimum Gasteiger partial charge on any atom is -0.296 e. The van der Waals surface area contributed by atoms with E-state index in [2.05, 4.69) is 60.4 Å². The first-order chi connectivity index (χ1) is 13.9. The molecule has 1 unspecified atom stereocenters.